The molecule has 0 aromatic heterocycles. The average molecular weight is 267 g/mol. The Balaban J connectivity index is 4.37. The van der Waals surface area contributed by atoms with Crippen LogP contribution in [0.15, 0.2) is 0 Å². The van der Waals surface area contributed by atoms with Crippen LogP contribution < -0.4 is 0 Å². The zero-order valence-corrected chi connectivity index (χ0v) is 11.8. The predicted molar refractivity (Wildman–Crippen MR) is 61.8 cm³/mol. The second kappa shape index (κ2) is 4.71. The van der Waals surface area contributed by atoms with Crippen LogP contribution >= 0.6 is 15.9 Å². The van der Waals surface area contributed by atoms with E-state index in [4.69, 9.17) is 4.43 Å². The molecule has 4 heteroatoms. The summed E-state index contributed by atoms with van der Waals surface area (Å²) in [6.07, 6.45) is 1.57. The molecule has 0 aromatic carbocycles. The van der Waals surface area contributed by atoms with Crippen LogP contribution in [0.4, 0.5) is 0 Å². The molecule has 0 radical (unpaired) electrons. The quantitative estimate of drug-likeness (QED) is 0.445. The van der Waals surface area contributed by atoms with Crippen molar-refractivity contribution in [3.8, 4) is 0 Å². The first-order valence-electron chi connectivity index (χ1n) is 4.51. The SMILES string of the molecule is C[SiH](C)OC(Br)(C=O)CC(C)(C)C. The zero-order valence-electron chi connectivity index (χ0n) is 9.06. The van der Waals surface area contributed by atoms with E-state index in [1.165, 1.54) is 0 Å². The molecule has 0 rings (SSSR count). The molecule has 0 aliphatic rings. The highest BCUT2D eigenvalue weighted by atomic mass is 79.9. The van der Waals surface area contributed by atoms with Crippen molar-refractivity contribution in [2.45, 2.75) is 44.8 Å². The molecule has 0 saturated carbocycles. The molecule has 0 aliphatic carbocycles. The highest BCUT2D eigenvalue weighted by Gasteiger charge is 2.33. The van der Waals surface area contributed by atoms with Crippen molar-refractivity contribution >= 4 is 31.3 Å². The van der Waals surface area contributed by atoms with Gasteiger partial charge in [0.25, 0.3) is 0 Å². The number of halogens is 1. The van der Waals surface area contributed by atoms with E-state index in [0.29, 0.717) is 6.42 Å². The molecule has 0 saturated heterocycles. The van der Waals surface area contributed by atoms with Gasteiger partial charge in [-0.05, 0) is 40.9 Å². The summed E-state index contributed by atoms with van der Waals surface area (Å²) < 4.78 is 4.89. The summed E-state index contributed by atoms with van der Waals surface area (Å²) in [4.78, 5) is 10.9. The van der Waals surface area contributed by atoms with Gasteiger partial charge in [0.1, 0.15) is 0 Å². The summed E-state index contributed by atoms with van der Waals surface area (Å²) in [5.74, 6) is 0. The van der Waals surface area contributed by atoms with Gasteiger partial charge >= 0.3 is 0 Å². The number of carbonyl (C=O) groups is 1. The van der Waals surface area contributed by atoms with E-state index in [1.54, 1.807) is 0 Å². The van der Waals surface area contributed by atoms with E-state index in [0.717, 1.165) is 6.29 Å². The van der Waals surface area contributed by atoms with Gasteiger partial charge in [0.05, 0.1) is 0 Å². The molecular formula is C9H19BrO2Si. The molecule has 0 spiro atoms. The maximum Gasteiger partial charge on any atom is 0.173 e. The summed E-state index contributed by atoms with van der Waals surface area (Å²) in [6, 6.07) is 0. The Labute approximate surface area is 90.9 Å². The van der Waals surface area contributed by atoms with Gasteiger partial charge in [0.2, 0.25) is 0 Å². The maximum atomic E-state index is 10.9. The smallest absolute Gasteiger partial charge is 0.173 e. The molecule has 0 aliphatic heterocycles. The minimum absolute atomic E-state index is 0.0910. The van der Waals surface area contributed by atoms with E-state index >= 15 is 0 Å². The first-order chi connectivity index (χ1) is 5.68. The average Bonchev–Trinajstić information content (AvgIpc) is 1.81. The molecule has 1 atom stereocenters. The second-order valence-corrected chi connectivity index (χ2v) is 8.48. The molecule has 13 heavy (non-hydrogen) atoms. The van der Waals surface area contributed by atoms with Gasteiger partial charge in [-0.15, -0.1) is 0 Å². The second-order valence-electron chi connectivity index (χ2n) is 4.81. The zero-order chi connectivity index (χ0) is 10.7. The van der Waals surface area contributed by atoms with Gasteiger partial charge in [-0.2, -0.15) is 0 Å². The number of rotatable bonds is 4. The molecular weight excluding hydrogens is 248 g/mol. The normalized spacial score (nSPS) is 17.2. The molecule has 1 unspecified atom stereocenters. The van der Waals surface area contributed by atoms with Crippen LogP contribution in [0.2, 0.25) is 13.1 Å². The Morgan fingerprint density at radius 1 is 1.38 bits per heavy atom. The van der Waals surface area contributed by atoms with Gasteiger partial charge in [0.15, 0.2) is 19.8 Å². The summed E-state index contributed by atoms with van der Waals surface area (Å²) >= 11 is 3.37. The lowest BCUT2D eigenvalue weighted by atomic mass is 9.89. The van der Waals surface area contributed by atoms with E-state index in [2.05, 4.69) is 49.8 Å². The van der Waals surface area contributed by atoms with Crippen LogP contribution in [-0.2, 0) is 9.22 Å². The molecule has 0 aromatic rings. The molecule has 0 amide bonds. The first kappa shape index (κ1) is 13.3. The van der Waals surface area contributed by atoms with Crippen LogP contribution in [0.5, 0.6) is 0 Å². The Morgan fingerprint density at radius 3 is 2.08 bits per heavy atom. The Morgan fingerprint density at radius 2 is 1.85 bits per heavy atom. The first-order valence-corrected chi connectivity index (χ1v) is 8.09. The standard InChI is InChI=1S/C9H19BrO2Si/c1-8(2,3)6-9(10,7-11)12-13(4)5/h7,13H,6H2,1-5H3. The topological polar surface area (TPSA) is 26.3 Å². The Bertz CT molecular complexity index is 177. The number of hydrogen-bond donors (Lipinski definition) is 0. The lowest BCUT2D eigenvalue weighted by molar-refractivity contribution is -0.116. The fourth-order valence-corrected chi connectivity index (χ4v) is 4.11. The fourth-order valence-electron chi connectivity index (χ4n) is 1.23. The van der Waals surface area contributed by atoms with Crippen molar-refractivity contribution in [2.75, 3.05) is 0 Å². The van der Waals surface area contributed by atoms with Crippen molar-refractivity contribution in [1.29, 1.82) is 0 Å². The third-order valence-corrected chi connectivity index (χ3v) is 3.27. The largest absolute Gasteiger partial charge is 0.400 e. The van der Waals surface area contributed by atoms with Crippen molar-refractivity contribution in [3.63, 3.8) is 0 Å². The lowest BCUT2D eigenvalue weighted by Crippen LogP contribution is -2.36. The maximum absolute atomic E-state index is 10.9. The summed E-state index contributed by atoms with van der Waals surface area (Å²) in [7, 11) is -1.18. The van der Waals surface area contributed by atoms with Crippen molar-refractivity contribution in [3.05, 3.63) is 0 Å². The van der Waals surface area contributed by atoms with Gasteiger partial charge in [0, 0.05) is 0 Å². The molecule has 0 N–H and O–H groups in total. The molecule has 0 bridgehead atoms. The number of aldehydes is 1. The Hall–Kier alpha value is 0.327. The third kappa shape index (κ3) is 6.40. The van der Waals surface area contributed by atoms with Crippen molar-refractivity contribution in [2.24, 2.45) is 5.41 Å². The Kier molecular flexibility index (Phi) is 4.83. The van der Waals surface area contributed by atoms with Crippen molar-refractivity contribution in [1.82, 2.24) is 0 Å². The van der Waals surface area contributed by atoms with Crippen molar-refractivity contribution < 1.29 is 9.22 Å². The van der Waals surface area contributed by atoms with Gasteiger partial charge in [-0.25, -0.2) is 0 Å². The van der Waals surface area contributed by atoms with E-state index in [-0.39, 0.29) is 5.41 Å². The fraction of sp³-hybridized carbons (Fsp3) is 0.889. The van der Waals surface area contributed by atoms with Crippen LogP contribution in [0.1, 0.15) is 27.2 Å². The van der Waals surface area contributed by atoms with Crippen LogP contribution in [0.25, 0.3) is 0 Å². The van der Waals surface area contributed by atoms with Crippen LogP contribution in [0, 0.1) is 5.41 Å². The third-order valence-electron chi connectivity index (χ3n) is 1.38. The number of carbonyl (C=O) groups excluding carboxylic acids is 1. The minimum atomic E-state index is -1.18. The van der Waals surface area contributed by atoms with E-state index in [1.807, 2.05) is 0 Å². The monoisotopic (exact) mass is 266 g/mol. The number of hydrogen-bond acceptors (Lipinski definition) is 2. The minimum Gasteiger partial charge on any atom is -0.400 e. The number of alkyl halides is 1. The predicted octanol–water partition coefficient (Wildman–Crippen LogP) is 2.71. The van der Waals surface area contributed by atoms with Gasteiger partial charge in [-0.1, -0.05) is 20.8 Å². The highest BCUT2D eigenvalue weighted by molar-refractivity contribution is 9.10. The molecule has 0 heterocycles. The van der Waals surface area contributed by atoms with Crippen LogP contribution in [-0.4, -0.2) is 19.8 Å². The molecule has 78 valence electrons. The van der Waals surface area contributed by atoms with E-state index < -0.39 is 13.6 Å². The lowest BCUT2D eigenvalue weighted by Gasteiger charge is -2.31. The highest BCUT2D eigenvalue weighted by Crippen LogP contribution is 2.33. The van der Waals surface area contributed by atoms with Crippen LogP contribution in [0.3, 0.4) is 0 Å². The summed E-state index contributed by atoms with van der Waals surface area (Å²) in [6.45, 7) is 10.4. The van der Waals surface area contributed by atoms with Gasteiger partial charge in [-0.3, -0.25) is 4.79 Å². The molecule has 0 fully saturated rings. The van der Waals surface area contributed by atoms with E-state index in [9.17, 15) is 4.79 Å². The summed E-state index contributed by atoms with van der Waals surface area (Å²) in [5, 5.41) is 0. The van der Waals surface area contributed by atoms with Gasteiger partial charge < -0.3 is 4.43 Å². The molecule has 2 nitrogen and oxygen atoms in total. The summed E-state index contributed by atoms with van der Waals surface area (Å²) in [5.41, 5.74) is 0.0910.